The molecule has 8 bridgehead atoms. The van der Waals surface area contributed by atoms with Gasteiger partial charge in [-0.15, -0.1) is 0 Å². The Morgan fingerprint density at radius 2 is 0.941 bits per heavy atom. The summed E-state index contributed by atoms with van der Waals surface area (Å²) in [6, 6.07) is -0.0890. The number of aliphatic carboxylic acids is 1. The Balaban J connectivity index is 0.00000706. The molecule has 0 spiro atoms. The molecular formula is C70H129NO14. The Morgan fingerprint density at radius 1 is 0.518 bits per heavy atom. The van der Waals surface area contributed by atoms with Gasteiger partial charge in [0, 0.05) is 19.0 Å². The topological polar surface area (TPSA) is 209 Å². The highest BCUT2D eigenvalue weighted by atomic mass is 16.6. The molecule has 10 fully saturated rings. The lowest BCUT2D eigenvalue weighted by Gasteiger charge is -2.45. The molecule has 2 saturated heterocycles. The van der Waals surface area contributed by atoms with E-state index in [0.29, 0.717) is 61.8 Å². The smallest absolute Gasteiger partial charge is 0.410 e. The molecular weight excluding hydrogens is 1080 g/mol. The van der Waals surface area contributed by atoms with Crippen LogP contribution in [-0.4, -0.2) is 101 Å². The molecule has 2 N–H and O–H groups in total. The Hall–Kier alpha value is -3.75. The van der Waals surface area contributed by atoms with Gasteiger partial charge < -0.3 is 38.8 Å². The van der Waals surface area contributed by atoms with Crippen LogP contribution >= 0.6 is 0 Å². The third-order valence-corrected chi connectivity index (χ3v) is 22.2. The summed E-state index contributed by atoms with van der Waals surface area (Å²) in [6.07, 6.45) is 12.6. The molecule has 8 saturated carbocycles. The lowest BCUT2D eigenvalue weighted by Crippen LogP contribution is -2.46. The zero-order chi connectivity index (χ0) is 53.6. The minimum absolute atomic E-state index is 0. The number of hydrogen-bond acceptors (Lipinski definition) is 13. The van der Waals surface area contributed by atoms with Crippen LogP contribution < -0.4 is 0 Å². The molecule has 0 aromatic rings. The van der Waals surface area contributed by atoms with E-state index in [2.05, 4.69) is 6.92 Å². The van der Waals surface area contributed by atoms with Crippen LogP contribution in [0.5, 0.6) is 0 Å². The van der Waals surface area contributed by atoms with Crippen molar-refractivity contribution in [3.63, 3.8) is 0 Å². The zero-order valence-corrected chi connectivity index (χ0v) is 46.2. The van der Waals surface area contributed by atoms with Gasteiger partial charge in [-0.2, -0.15) is 0 Å². The quantitative estimate of drug-likeness (QED) is 0.0789. The zero-order valence-electron chi connectivity index (χ0n) is 46.2. The van der Waals surface area contributed by atoms with E-state index in [9.17, 15) is 43.8 Å². The van der Waals surface area contributed by atoms with E-state index in [4.69, 9.17) is 23.7 Å². The fraction of sp³-hybridized carbons (Fsp3) is 0.900. The number of aliphatic hydroxyl groups excluding tert-OH is 1. The number of carboxylic acid groups (broad SMARTS) is 1. The molecule has 15 heteroatoms. The summed E-state index contributed by atoms with van der Waals surface area (Å²) in [5.74, 6) is -1.20. The van der Waals surface area contributed by atoms with Crippen LogP contribution in [0.15, 0.2) is 0 Å². The van der Waals surface area contributed by atoms with Crippen LogP contribution in [0.25, 0.3) is 0 Å². The molecule has 15 nitrogen and oxygen atoms in total. The molecule has 23 unspecified atom stereocenters. The van der Waals surface area contributed by atoms with Gasteiger partial charge in [0.15, 0.2) is 0 Å². The maximum absolute atomic E-state index is 14.3. The van der Waals surface area contributed by atoms with Gasteiger partial charge in [0.05, 0.1) is 48.7 Å². The van der Waals surface area contributed by atoms with Crippen molar-refractivity contribution in [3.8, 4) is 0 Å². The van der Waals surface area contributed by atoms with Crippen molar-refractivity contribution in [2.75, 3.05) is 26.4 Å². The van der Waals surface area contributed by atoms with E-state index in [1.54, 1.807) is 11.8 Å². The summed E-state index contributed by atoms with van der Waals surface area (Å²) in [4.78, 5) is 96.0. The lowest BCUT2D eigenvalue weighted by molar-refractivity contribution is -0.163. The summed E-state index contributed by atoms with van der Waals surface area (Å²) in [7, 11) is 0. The van der Waals surface area contributed by atoms with Gasteiger partial charge in [0.2, 0.25) is 0 Å². The molecule has 10 aliphatic rings. The Kier molecular flexibility index (Phi) is 30.2. The molecule has 2 aliphatic heterocycles. The van der Waals surface area contributed by atoms with E-state index in [-0.39, 0.29) is 207 Å². The third kappa shape index (κ3) is 16.0. The molecule has 0 radical (unpaired) electrons. The average molecular weight is 1210 g/mol. The van der Waals surface area contributed by atoms with Crippen molar-refractivity contribution < 1.29 is 67.5 Å². The molecule has 2 heterocycles. The van der Waals surface area contributed by atoms with Crippen LogP contribution in [0.2, 0.25) is 0 Å². The number of carbonyl (C=O) groups excluding carboxylic acids is 6. The van der Waals surface area contributed by atoms with Crippen LogP contribution in [0.4, 0.5) is 4.79 Å². The fourth-order valence-corrected chi connectivity index (χ4v) is 19.3. The standard InChI is InChI=1S/C60H89NO14.10CH4/c1-29-31-17-41(51(18-31)57(69)74-59(3,4)5)36(29)25-38-33-20-44(50(23-33)55(67)72-16-14-62)47(38)28-39-32-19-42(48(22-32)52(63)64)46(39)27-40-34-21-43(45(40)26-37-30(2)53(65)73-56(37)68)49(24-34)54(66)71-15-12-35-11-9-10-13-61(35)58(70)75-60(6,7)8;;;;;;;;;;/h29-51,62H,9-28H2,1-8H3,(H,63,64);10*1H4. The first-order valence-corrected chi connectivity index (χ1v) is 29.6. The van der Waals surface area contributed by atoms with Crippen LogP contribution in [0.3, 0.4) is 0 Å². The second kappa shape index (κ2) is 31.6. The number of likely N-dealkylation sites (tertiary alicyclic amines) is 1. The van der Waals surface area contributed by atoms with E-state index in [0.717, 1.165) is 77.0 Å². The highest BCUT2D eigenvalue weighted by Crippen LogP contribution is 2.68. The number of esters is 5. The number of piperidine rings is 1. The maximum atomic E-state index is 14.3. The first-order chi connectivity index (χ1) is 35.5. The summed E-state index contributed by atoms with van der Waals surface area (Å²) < 4.78 is 28.7. The molecule has 8 aliphatic carbocycles. The SMILES string of the molecule is C.C.C.C.C.C.C.C.C.C.CC1C(=O)OC(=O)C1CC1C(CC2C(CC3C(CC4C(C)C5CC(C(=O)OC(C)(C)C)C4C5)C4CC(C(=O)OCCO)C3C4)C3CC(C(=O)O)C2C3)C2CC(C(=O)OCCC3CCCCN3C(=O)OC(C)(C)C)C1C2. The number of aliphatic hydroxyl groups is 1. The van der Waals surface area contributed by atoms with Crippen LogP contribution in [-0.2, 0) is 52.5 Å². The van der Waals surface area contributed by atoms with Gasteiger partial charge in [0.25, 0.3) is 0 Å². The second-order valence-electron chi connectivity index (χ2n) is 28.1. The normalized spacial score (nSPS) is 38.3. The number of nitrogens with zero attached hydrogens (tertiary/aromatic N) is 1. The first-order valence-electron chi connectivity index (χ1n) is 29.6. The van der Waals surface area contributed by atoms with E-state index in [1.165, 1.54) is 0 Å². The van der Waals surface area contributed by atoms with E-state index in [1.807, 2.05) is 41.5 Å². The van der Waals surface area contributed by atoms with Gasteiger partial charge in [-0.05, 0) is 233 Å². The number of carbonyl (C=O) groups is 7. The maximum Gasteiger partial charge on any atom is 0.410 e. The van der Waals surface area contributed by atoms with Crippen LogP contribution in [0.1, 0.15) is 232 Å². The number of hydrogen-bond donors (Lipinski definition) is 2. The molecule has 85 heavy (non-hydrogen) atoms. The van der Waals surface area contributed by atoms with Gasteiger partial charge in [-0.25, -0.2) is 4.79 Å². The molecule has 498 valence electrons. The number of ether oxygens (including phenoxy) is 5. The van der Waals surface area contributed by atoms with Crippen molar-refractivity contribution in [1.29, 1.82) is 0 Å². The van der Waals surface area contributed by atoms with Gasteiger partial charge in [-0.3, -0.25) is 28.8 Å². The van der Waals surface area contributed by atoms with Gasteiger partial charge in [-0.1, -0.05) is 88.1 Å². The summed E-state index contributed by atoms with van der Waals surface area (Å²) in [5, 5.41) is 20.4. The minimum Gasteiger partial charge on any atom is -0.481 e. The third-order valence-electron chi connectivity index (χ3n) is 22.2. The van der Waals surface area contributed by atoms with Crippen molar-refractivity contribution in [2.45, 2.75) is 250 Å². The highest BCUT2D eigenvalue weighted by molar-refractivity contribution is 5.96. The predicted molar refractivity (Wildman–Crippen MR) is 340 cm³/mol. The second-order valence-corrected chi connectivity index (χ2v) is 28.1. The van der Waals surface area contributed by atoms with Crippen molar-refractivity contribution >= 4 is 41.9 Å². The summed E-state index contributed by atoms with van der Waals surface area (Å²) >= 11 is 0. The van der Waals surface area contributed by atoms with Gasteiger partial charge in [0.1, 0.15) is 17.8 Å². The summed E-state index contributed by atoms with van der Waals surface area (Å²) in [5.41, 5.74) is -1.17. The summed E-state index contributed by atoms with van der Waals surface area (Å²) in [6.45, 7) is 16.1. The van der Waals surface area contributed by atoms with Crippen molar-refractivity contribution in [2.24, 2.45) is 130 Å². The highest BCUT2D eigenvalue weighted by Gasteiger charge is 2.64. The minimum atomic E-state index is -0.740. The monoisotopic (exact) mass is 1210 g/mol. The number of fused-ring (bicyclic) bond motifs is 8. The van der Waals surface area contributed by atoms with Crippen molar-refractivity contribution in [1.82, 2.24) is 4.90 Å². The number of rotatable bonds is 17. The average Bonchev–Trinajstić information content (AvgIpc) is 1.83. The Morgan fingerprint density at radius 3 is 1.40 bits per heavy atom. The molecule has 23 atom stereocenters. The molecule has 0 aromatic carbocycles. The fourth-order valence-electron chi connectivity index (χ4n) is 19.3. The van der Waals surface area contributed by atoms with E-state index < -0.39 is 46.9 Å². The van der Waals surface area contributed by atoms with Gasteiger partial charge >= 0.3 is 41.9 Å². The van der Waals surface area contributed by atoms with Crippen LogP contribution in [0, 0.1) is 130 Å². The molecule has 10 rings (SSSR count). The molecule has 1 amide bonds. The number of carboxylic acids is 1. The predicted octanol–water partition coefficient (Wildman–Crippen LogP) is 15.5. The first kappa shape index (κ1) is 81.2. The molecule has 0 aromatic heterocycles. The Labute approximate surface area is 518 Å². The number of amides is 1. The number of cyclic esters (lactones) is 2. The van der Waals surface area contributed by atoms with E-state index >= 15 is 0 Å². The largest absolute Gasteiger partial charge is 0.481 e. The lowest BCUT2D eigenvalue weighted by atomic mass is 9.60. The van der Waals surface area contributed by atoms with Crippen molar-refractivity contribution in [3.05, 3.63) is 0 Å². The Bertz CT molecular complexity index is 2200.